The number of hydrogen-bond acceptors (Lipinski definition) is 16. The molecule has 29 nitrogen and oxygen atoms in total. The first-order chi connectivity index (χ1) is 36.5. The van der Waals surface area contributed by atoms with Gasteiger partial charge in [0.2, 0.25) is 65.0 Å². The third-order valence-corrected chi connectivity index (χ3v) is 12.5. The monoisotopic (exact) mass is 1090 g/mol. The summed E-state index contributed by atoms with van der Waals surface area (Å²) < 4.78 is 0. The van der Waals surface area contributed by atoms with Crippen molar-refractivity contribution in [3.8, 4) is 0 Å². The molecule has 19 N–H and O–H groups in total. The van der Waals surface area contributed by atoms with Gasteiger partial charge in [-0.05, 0) is 62.8 Å². The lowest BCUT2D eigenvalue weighted by molar-refractivity contribution is -0.140. The van der Waals surface area contributed by atoms with Gasteiger partial charge in [-0.1, -0.05) is 44.2 Å². The van der Waals surface area contributed by atoms with Crippen molar-refractivity contribution < 1.29 is 67.7 Å². The van der Waals surface area contributed by atoms with E-state index in [9.17, 15) is 67.7 Å². The van der Waals surface area contributed by atoms with E-state index in [-0.39, 0.29) is 57.2 Å². The Kier molecular flexibility index (Phi) is 26.3. The third-order valence-electron chi connectivity index (χ3n) is 12.5. The van der Waals surface area contributed by atoms with E-state index in [0.717, 1.165) is 0 Å². The van der Waals surface area contributed by atoms with Gasteiger partial charge in [0.15, 0.2) is 5.96 Å². The predicted molar refractivity (Wildman–Crippen MR) is 274 cm³/mol. The molecule has 2 saturated heterocycles. The van der Waals surface area contributed by atoms with Gasteiger partial charge in [0.25, 0.3) is 0 Å². The highest BCUT2D eigenvalue weighted by atomic mass is 16.3. The van der Waals surface area contributed by atoms with Crippen LogP contribution in [-0.2, 0) is 64.0 Å². The van der Waals surface area contributed by atoms with Gasteiger partial charge in [-0.2, -0.15) is 0 Å². The van der Waals surface area contributed by atoms with Gasteiger partial charge >= 0.3 is 0 Å². The van der Waals surface area contributed by atoms with Crippen LogP contribution in [-0.4, -0.2) is 191 Å². The molecule has 1 aromatic carbocycles. The summed E-state index contributed by atoms with van der Waals surface area (Å²) in [4.78, 5) is 164. The highest BCUT2D eigenvalue weighted by Crippen LogP contribution is 2.20. The average molecular weight is 1090 g/mol. The van der Waals surface area contributed by atoms with Gasteiger partial charge in [-0.25, -0.2) is 0 Å². The molecule has 3 rings (SSSR count). The number of aliphatic hydroxyl groups is 2. The van der Waals surface area contributed by atoms with Gasteiger partial charge in [-0.15, -0.1) is 0 Å². The van der Waals surface area contributed by atoms with E-state index >= 15 is 0 Å². The van der Waals surface area contributed by atoms with Crippen molar-refractivity contribution in [2.24, 2.45) is 39.6 Å². The predicted octanol–water partition coefficient (Wildman–Crippen LogP) is -7.01. The number of carbonyl (C=O) groups is 12. The molecule has 2 aliphatic rings. The summed E-state index contributed by atoms with van der Waals surface area (Å²) in [5, 5.41) is 36.9. The topological polar surface area (TPSA) is 478 Å². The van der Waals surface area contributed by atoms with Crippen molar-refractivity contribution in [2.45, 2.75) is 139 Å². The van der Waals surface area contributed by atoms with E-state index in [1.54, 1.807) is 44.2 Å². The number of nitrogens with zero attached hydrogens (tertiary/aromatic N) is 3. The minimum Gasteiger partial charge on any atom is -0.394 e. The molecule has 0 saturated carbocycles. The van der Waals surface area contributed by atoms with E-state index in [1.165, 1.54) is 9.80 Å². The molecule has 2 aliphatic heterocycles. The van der Waals surface area contributed by atoms with Crippen molar-refractivity contribution in [1.82, 2.24) is 47.0 Å². The van der Waals surface area contributed by atoms with Crippen LogP contribution in [0, 0.1) is 5.92 Å². The number of benzene rings is 1. The number of aliphatic imine (C=N–C) groups is 1. The highest BCUT2D eigenvalue weighted by Gasteiger charge is 2.39. The Labute approximate surface area is 444 Å². The second kappa shape index (κ2) is 31.9. The first kappa shape index (κ1) is 63.5. The molecule has 2 fully saturated rings. The zero-order chi connectivity index (χ0) is 57.4. The van der Waals surface area contributed by atoms with Crippen LogP contribution in [0.1, 0.15) is 83.6 Å². The normalized spacial score (nSPS) is 17.7. The minimum atomic E-state index is -1.77. The number of nitrogens with two attached hydrogens (primary N) is 5. The van der Waals surface area contributed by atoms with Crippen LogP contribution in [0.3, 0.4) is 0 Å². The Morgan fingerprint density at radius 1 is 0.675 bits per heavy atom. The molecule has 0 aromatic heterocycles. The van der Waals surface area contributed by atoms with Crippen LogP contribution in [0.4, 0.5) is 0 Å². The highest BCUT2D eigenvalue weighted by molar-refractivity contribution is 5.99. The van der Waals surface area contributed by atoms with Gasteiger partial charge in [0, 0.05) is 32.5 Å². The molecule has 0 bridgehead atoms. The summed E-state index contributed by atoms with van der Waals surface area (Å²) in [7, 11) is 0. The van der Waals surface area contributed by atoms with Gasteiger partial charge in [0.05, 0.1) is 38.3 Å². The maximum Gasteiger partial charge on any atom is 0.248 e. The number of carbonyl (C=O) groups excluding carboxylic acids is 12. The average Bonchev–Trinajstić information content (AvgIpc) is 4.08. The van der Waals surface area contributed by atoms with Gasteiger partial charge in [0.1, 0.15) is 48.6 Å². The Hall–Kier alpha value is -7.79. The number of aldehydes is 1. The molecular weight excluding hydrogens is 1010 g/mol. The Bertz CT molecular complexity index is 2280. The fourth-order valence-corrected chi connectivity index (χ4v) is 8.57. The molecule has 0 radical (unpaired) electrons. The summed E-state index contributed by atoms with van der Waals surface area (Å²) in [5.41, 5.74) is 28.1. The summed E-state index contributed by atoms with van der Waals surface area (Å²) in [6.45, 7) is 1.46. The van der Waals surface area contributed by atoms with Crippen molar-refractivity contribution >= 4 is 77.2 Å². The number of rotatable bonds is 32. The number of likely N-dealkylation sites (tertiary alicyclic amines) is 2. The molecule has 0 spiro atoms. The van der Waals surface area contributed by atoms with Gasteiger partial charge < -0.3 is 90.7 Å². The summed E-state index contributed by atoms with van der Waals surface area (Å²) in [6, 6.07) is -3.99. The second-order valence-electron chi connectivity index (χ2n) is 19.1. The zero-order valence-electron chi connectivity index (χ0n) is 43.3. The number of primary amides is 2. The fourth-order valence-electron chi connectivity index (χ4n) is 8.57. The standard InChI is InChI=1S/C48H75N15O14/c1-26(2)19-31(41(71)57-30(14-15-37(50)67)40(70)60-34(24-65)44(74)61-35(25-66)47(77)62-17-7-11-28(62)23-64)58-42(72)32(20-27-9-4-3-5-10-27)59-43(73)33(21-38(51)68)56-39(69)22-55-45(75)36-13-8-18-63(36)46(76)29(49)12-6-16-54-48(52)53/h3-5,9-10,23,26,28-36,65-66H,6-8,11-22,24-25,49H2,1-2H3,(H2,50,67)(H2,51,68)(H,55,75)(H,56,69)(H,57,71)(H,58,72)(H,59,73)(H,60,70)(H,61,74)(H4,52,53,54)/t28-,29-,30-,31-,32-,33-,34-,35-,36-/m0/s1. The van der Waals surface area contributed by atoms with Crippen molar-refractivity contribution in [2.75, 3.05) is 39.4 Å². The van der Waals surface area contributed by atoms with Crippen LogP contribution in [0.2, 0.25) is 0 Å². The molecule has 2 heterocycles. The smallest absolute Gasteiger partial charge is 0.248 e. The molecule has 11 amide bonds. The van der Waals surface area contributed by atoms with E-state index in [1.807, 2.05) is 0 Å². The van der Waals surface area contributed by atoms with Crippen LogP contribution in [0.5, 0.6) is 0 Å². The van der Waals surface area contributed by atoms with Crippen molar-refractivity contribution in [3.05, 3.63) is 35.9 Å². The maximum atomic E-state index is 14.3. The molecule has 0 aliphatic carbocycles. The Morgan fingerprint density at radius 2 is 1.23 bits per heavy atom. The summed E-state index contributed by atoms with van der Waals surface area (Å²) in [5.74, 6) is -10.4. The zero-order valence-corrected chi connectivity index (χ0v) is 43.3. The lowest BCUT2D eigenvalue weighted by Gasteiger charge is -2.28. The van der Waals surface area contributed by atoms with E-state index in [4.69, 9.17) is 28.7 Å². The first-order valence-corrected chi connectivity index (χ1v) is 25.3. The Morgan fingerprint density at radius 3 is 1.84 bits per heavy atom. The molecule has 1 aromatic rings. The largest absolute Gasteiger partial charge is 0.394 e. The summed E-state index contributed by atoms with van der Waals surface area (Å²) >= 11 is 0. The van der Waals surface area contributed by atoms with Crippen LogP contribution in [0.15, 0.2) is 35.3 Å². The maximum absolute atomic E-state index is 14.3. The fraction of sp³-hybridized carbons (Fsp3) is 0.604. The van der Waals surface area contributed by atoms with Crippen molar-refractivity contribution in [1.29, 1.82) is 0 Å². The Balaban J connectivity index is 1.77. The molecule has 0 unspecified atom stereocenters. The lowest BCUT2D eigenvalue weighted by Crippen LogP contribution is -2.61. The van der Waals surface area contributed by atoms with Crippen molar-refractivity contribution in [3.63, 3.8) is 0 Å². The lowest BCUT2D eigenvalue weighted by atomic mass is 10.00. The molecular formula is C48H75N15O14. The number of amides is 11. The van der Waals surface area contributed by atoms with Crippen LogP contribution < -0.4 is 65.9 Å². The quantitative estimate of drug-likeness (QED) is 0.0138. The van der Waals surface area contributed by atoms with Gasteiger partial charge in [-0.3, -0.25) is 57.7 Å². The molecule has 29 heteroatoms. The number of hydrogen-bond donors (Lipinski definition) is 14. The second-order valence-corrected chi connectivity index (χ2v) is 19.1. The van der Waals surface area contributed by atoms with E-state index < -0.39 is 158 Å². The summed E-state index contributed by atoms with van der Waals surface area (Å²) in [6.07, 6.45) is 0.901. The molecule has 426 valence electrons. The van der Waals surface area contributed by atoms with E-state index in [2.05, 4.69) is 42.2 Å². The van der Waals surface area contributed by atoms with E-state index in [0.29, 0.717) is 37.5 Å². The number of nitrogens with one attached hydrogen (secondary N) is 7. The SMILES string of the molecule is CC(C)C[C@H](NC(=O)[C@H](Cc1ccccc1)NC(=O)[C@H](CC(N)=O)NC(=O)CNC(=O)[C@@H]1CCCN1C(=O)[C@@H](N)CCCN=C(N)N)C(=O)N[C@@H](CCC(N)=O)C(=O)N[C@@H](CO)C(=O)N[C@@H](CO)C(=O)N1CCC[C@H]1C=O. The van der Waals surface area contributed by atoms with Crippen LogP contribution in [0.25, 0.3) is 0 Å². The first-order valence-electron chi connectivity index (χ1n) is 25.3. The molecule has 77 heavy (non-hydrogen) atoms. The third kappa shape index (κ3) is 21.0. The molecule has 9 atom stereocenters. The number of aliphatic hydroxyl groups excluding tert-OH is 2. The van der Waals surface area contributed by atoms with Crippen LogP contribution >= 0.6 is 0 Å². The number of guanidine groups is 1. The minimum absolute atomic E-state index is 0.0691.